The quantitative estimate of drug-likeness (QED) is 0.872. The van der Waals surface area contributed by atoms with Crippen LogP contribution in [0.4, 0.5) is 5.95 Å². The van der Waals surface area contributed by atoms with Crippen LogP contribution in [0.2, 0.25) is 0 Å². The molecule has 0 unspecified atom stereocenters. The fourth-order valence-electron chi connectivity index (χ4n) is 1.30. The molecule has 0 aromatic carbocycles. The molecule has 6 heteroatoms. The fourth-order valence-corrected chi connectivity index (χ4v) is 1.57. The highest BCUT2D eigenvalue weighted by Crippen LogP contribution is 2.08. The van der Waals surface area contributed by atoms with E-state index in [1.165, 1.54) is 0 Å². The predicted molar refractivity (Wildman–Crippen MR) is 70.0 cm³/mol. The van der Waals surface area contributed by atoms with Crippen LogP contribution < -0.4 is 5.32 Å². The van der Waals surface area contributed by atoms with Gasteiger partial charge in [-0.05, 0) is 29.5 Å². The molecule has 0 bridgehead atoms. The molecule has 0 aliphatic heterocycles. The Balaban J connectivity index is 2.02. The summed E-state index contributed by atoms with van der Waals surface area (Å²) >= 11 is 2.18. The molecular formula is C10H12IN5. The summed E-state index contributed by atoms with van der Waals surface area (Å²) in [4.78, 5) is 8.35. The van der Waals surface area contributed by atoms with Crippen LogP contribution in [0.5, 0.6) is 0 Å². The lowest BCUT2D eigenvalue weighted by Crippen LogP contribution is -2.04. The van der Waals surface area contributed by atoms with E-state index >= 15 is 0 Å². The third-order valence-corrected chi connectivity index (χ3v) is 2.95. The maximum absolute atomic E-state index is 4.18. The van der Waals surface area contributed by atoms with Crippen molar-refractivity contribution in [1.29, 1.82) is 0 Å². The minimum absolute atomic E-state index is 0.642. The van der Waals surface area contributed by atoms with Gasteiger partial charge in [0.15, 0.2) is 0 Å². The Morgan fingerprint density at radius 3 is 2.56 bits per heavy atom. The molecule has 1 N–H and O–H groups in total. The molecular weight excluding hydrogens is 317 g/mol. The maximum Gasteiger partial charge on any atom is 0.222 e. The number of nitrogens with zero attached hydrogens (tertiary/aromatic N) is 4. The number of hydrogen-bond acceptors (Lipinski definition) is 4. The highest BCUT2D eigenvalue weighted by molar-refractivity contribution is 14.1. The lowest BCUT2D eigenvalue weighted by Gasteiger charge is -2.03. The monoisotopic (exact) mass is 329 g/mol. The molecule has 16 heavy (non-hydrogen) atoms. The second-order valence-corrected chi connectivity index (χ2v) is 4.70. The molecule has 84 valence electrons. The molecule has 2 aromatic heterocycles. The highest BCUT2D eigenvalue weighted by Gasteiger charge is 2.03. The molecule has 0 spiro atoms. The van der Waals surface area contributed by atoms with Gasteiger partial charge >= 0.3 is 0 Å². The third kappa shape index (κ3) is 2.49. The summed E-state index contributed by atoms with van der Waals surface area (Å²) in [5.41, 5.74) is 2.31. The zero-order chi connectivity index (χ0) is 11.5. The number of aryl methyl sites for hydroxylation is 1. The molecule has 5 nitrogen and oxygen atoms in total. The van der Waals surface area contributed by atoms with E-state index in [4.69, 9.17) is 0 Å². The largest absolute Gasteiger partial charge is 0.350 e. The van der Waals surface area contributed by atoms with E-state index < -0.39 is 0 Å². The van der Waals surface area contributed by atoms with Gasteiger partial charge in [0.05, 0.1) is 6.20 Å². The van der Waals surface area contributed by atoms with Gasteiger partial charge in [0, 0.05) is 40.8 Å². The normalized spacial score (nSPS) is 10.4. The van der Waals surface area contributed by atoms with Gasteiger partial charge in [-0.2, -0.15) is 5.10 Å². The average Bonchev–Trinajstić information content (AvgIpc) is 2.60. The molecule has 0 saturated heterocycles. The van der Waals surface area contributed by atoms with E-state index in [1.807, 2.05) is 24.9 Å². The van der Waals surface area contributed by atoms with E-state index in [-0.39, 0.29) is 0 Å². The van der Waals surface area contributed by atoms with Crippen molar-refractivity contribution in [2.75, 3.05) is 5.32 Å². The van der Waals surface area contributed by atoms with Crippen LogP contribution in [0.25, 0.3) is 0 Å². The summed E-state index contributed by atoms with van der Waals surface area (Å²) in [6.45, 7) is 2.74. The Morgan fingerprint density at radius 1 is 1.31 bits per heavy atom. The van der Waals surface area contributed by atoms with Crippen LogP contribution in [0.1, 0.15) is 11.3 Å². The van der Waals surface area contributed by atoms with Crippen molar-refractivity contribution >= 4 is 28.5 Å². The van der Waals surface area contributed by atoms with Crippen molar-refractivity contribution in [2.45, 2.75) is 13.5 Å². The Kier molecular flexibility index (Phi) is 3.37. The lowest BCUT2D eigenvalue weighted by molar-refractivity contribution is 0.738. The Bertz CT molecular complexity index is 476. The van der Waals surface area contributed by atoms with Crippen molar-refractivity contribution in [3.05, 3.63) is 33.4 Å². The van der Waals surface area contributed by atoms with Gasteiger partial charge in [0.1, 0.15) is 0 Å². The topological polar surface area (TPSA) is 55.6 Å². The number of aromatic nitrogens is 4. The number of hydrogen-bond donors (Lipinski definition) is 1. The van der Waals surface area contributed by atoms with E-state index in [2.05, 4.69) is 43.0 Å². The van der Waals surface area contributed by atoms with Crippen molar-refractivity contribution in [2.24, 2.45) is 7.05 Å². The summed E-state index contributed by atoms with van der Waals surface area (Å²) in [5, 5.41) is 7.34. The van der Waals surface area contributed by atoms with Crippen LogP contribution >= 0.6 is 22.6 Å². The Labute approximate surface area is 107 Å². The molecule has 0 aliphatic carbocycles. The third-order valence-electron chi connectivity index (χ3n) is 2.39. The van der Waals surface area contributed by atoms with Crippen LogP contribution in [0.15, 0.2) is 18.6 Å². The van der Waals surface area contributed by atoms with Crippen molar-refractivity contribution in [1.82, 2.24) is 19.7 Å². The van der Waals surface area contributed by atoms with E-state index in [0.717, 1.165) is 14.8 Å². The first-order chi connectivity index (χ1) is 7.66. The summed E-state index contributed by atoms with van der Waals surface area (Å²) in [7, 11) is 1.93. The van der Waals surface area contributed by atoms with Gasteiger partial charge in [-0.25, -0.2) is 9.97 Å². The minimum atomic E-state index is 0.642. The maximum atomic E-state index is 4.18. The summed E-state index contributed by atoms with van der Waals surface area (Å²) in [6, 6.07) is 0. The summed E-state index contributed by atoms with van der Waals surface area (Å²) in [5.74, 6) is 0.642. The van der Waals surface area contributed by atoms with Gasteiger partial charge in [-0.3, -0.25) is 4.68 Å². The highest BCUT2D eigenvalue weighted by atomic mass is 127. The van der Waals surface area contributed by atoms with Crippen LogP contribution in [0.3, 0.4) is 0 Å². The molecule has 2 aromatic rings. The first-order valence-corrected chi connectivity index (χ1v) is 5.93. The first-order valence-electron chi connectivity index (χ1n) is 4.85. The number of rotatable bonds is 3. The Morgan fingerprint density at radius 2 is 2.00 bits per heavy atom. The van der Waals surface area contributed by atoms with Gasteiger partial charge < -0.3 is 5.32 Å². The van der Waals surface area contributed by atoms with Gasteiger partial charge in [-0.1, -0.05) is 0 Å². The first kappa shape index (κ1) is 11.3. The SMILES string of the molecule is Cc1c(CNc2ncc(I)cn2)cnn1C. The molecule has 0 saturated carbocycles. The zero-order valence-corrected chi connectivity index (χ0v) is 11.3. The zero-order valence-electron chi connectivity index (χ0n) is 9.11. The molecule has 0 fully saturated rings. The van der Waals surface area contributed by atoms with Crippen molar-refractivity contribution in [3.8, 4) is 0 Å². The van der Waals surface area contributed by atoms with Crippen molar-refractivity contribution in [3.63, 3.8) is 0 Å². The Hall–Kier alpha value is -1.18. The summed E-state index contributed by atoms with van der Waals surface area (Å²) < 4.78 is 2.88. The van der Waals surface area contributed by atoms with E-state index in [1.54, 1.807) is 12.4 Å². The molecule has 2 rings (SSSR count). The molecule has 0 aliphatic rings. The standard InChI is InChI=1S/C10H12IN5/c1-7-8(4-15-16(7)2)3-12-10-13-5-9(11)6-14-10/h4-6H,3H2,1-2H3,(H,12,13,14). The predicted octanol–water partition coefficient (Wildman–Crippen LogP) is 1.74. The second kappa shape index (κ2) is 4.77. The number of halogens is 1. The van der Waals surface area contributed by atoms with E-state index in [9.17, 15) is 0 Å². The summed E-state index contributed by atoms with van der Waals surface area (Å²) in [6.07, 6.45) is 5.42. The molecule has 0 amide bonds. The molecule has 0 atom stereocenters. The van der Waals surface area contributed by atoms with Gasteiger partial charge in [0.25, 0.3) is 0 Å². The van der Waals surface area contributed by atoms with Gasteiger partial charge in [0.2, 0.25) is 5.95 Å². The van der Waals surface area contributed by atoms with E-state index in [0.29, 0.717) is 12.5 Å². The lowest BCUT2D eigenvalue weighted by atomic mass is 10.2. The fraction of sp³-hybridized carbons (Fsp3) is 0.300. The van der Waals surface area contributed by atoms with Gasteiger partial charge in [-0.15, -0.1) is 0 Å². The van der Waals surface area contributed by atoms with Crippen LogP contribution in [-0.2, 0) is 13.6 Å². The second-order valence-electron chi connectivity index (χ2n) is 3.46. The molecule has 0 radical (unpaired) electrons. The number of anilines is 1. The van der Waals surface area contributed by atoms with Crippen LogP contribution in [0, 0.1) is 10.5 Å². The van der Waals surface area contributed by atoms with Crippen molar-refractivity contribution < 1.29 is 0 Å². The molecule has 2 heterocycles. The minimum Gasteiger partial charge on any atom is -0.350 e. The smallest absolute Gasteiger partial charge is 0.222 e. The number of nitrogens with one attached hydrogen (secondary N) is 1. The average molecular weight is 329 g/mol. The van der Waals surface area contributed by atoms with Crippen LogP contribution in [-0.4, -0.2) is 19.7 Å².